The Morgan fingerprint density at radius 2 is 1.81 bits per heavy atom. The minimum atomic E-state index is -1.14. The molecule has 2 heterocycles. The average Bonchev–Trinajstić information content (AvgIpc) is 2.76. The molecule has 0 unspecified atom stereocenters. The monoisotopic (exact) mass is 420 g/mol. The van der Waals surface area contributed by atoms with E-state index in [4.69, 9.17) is 4.42 Å². The normalized spacial score (nSPS) is 15.7. The number of likely N-dealkylation sites (tertiary alicyclic amines) is 1. The van der Waals surface area contributed by atoms with Crippen LogP contribution in [0.4, 0.5) is 0 Å². The second kappa shape index (κ2) is 7.91. The van der Waals surface area contributed by atoms with Gasteiger partial charge < -0.3 is 24.3 Å². The molecule has 31 heavy (non-hydrogen) atoms. The molecule has 1 aliphatic heterocycles. The molecule has 0 spiro atoms. The number of benzene rings is 2. The van der Waals surface area contributed by atoms with Gasteiger partial charge in [0.2, 0.25) is 5.91 Å². The predicted molar refractivity (Wildman–Crippen MR) is 112 cm³/mol. The number of fused-ring (bicyclic) bond motifs is 1. The van der Waals surface area contributed by atoms with Crippen molar-refractivity contribution in [2.45, 2.75) is 31.6 Å². The first-order valence-electron chi connectivity index (χ1n) is 10.1. The Labute approximate surface area is 178 Å². The van der Waals surface area contributed by atoms with Crippen LogP contribution in [0.25, 0.3) is 11.0 Å². The van der Waals surface area contributed by atoms with Crippen LogP contribution >= 0.6 is 0 Å². The van der Waals surface area contributed by atoms with E-state index in [-0.39, 0.29) is 55.2 Å². The van der Waals surface area contributed by atoms with Gasteiger partial charge in [0.15, 0.2) is 0 Å². The molecule has 7 heteroatoms. The minimum Gasteiger partial charge on any atom is -0.549 e. The zero-order chi connectivity index (χ0) is 22.2. The van der Waals surface area contributed by atoms with E-state index in [9.17, 15) is 24.6 Å². The number of nitrogens with zero attached hydrogens (tertiary/aromatic N) is 1. The van der Waals surface area contributed by atoms with E-state index in [1.54, 1.807) is 42.2 Å². The molecule has 2 aromatic carbocycles. The summed E-state index contributed by atoms with van der Waals surface area (Å²) < 4.78 is 5.29. The lowest BCUT2D eigenvalue weighted by Crippen LogP contribution is -2.54. The molecule has 0 aliphatic carbocycles. The number of hydrogen-bond donors (Lipinski definition) is 1. The molecule has 1 aliphatic rings. The molecule has 1 fully saturated rings. The highest BCUT2D eigenvalue weighted by Gasteiger charge is 2.38. The summed E-state index contributed by atoms with van der Waals surface area (Å²) in [5.74, 6) is -1.41. The molecule has 0 saturated carbocycles. The van der Waals surface area contributed by atoms with E-state index in [0.717, 1.165) is 0 Å². The summed E-state index contributed by atoms with van der Waals surface area (Å²) in [5.41, 5.74) is 0.0923. The van der Waals surface area contributed by atoms with Crippen molar-refractivity contribution in [2.24, 2.45) is 0 Å². The maximum absolute atomic E-state index is 12.9. The van der Waals surface area contributed by atoms with E-state index in [2.05, 4.69) is 0 Å². The van der Waals surface area contributed by atoms with Crippen molar-refractivity contribution in [1.29, 1.82) is 0 Å². The van der Waals surface area contributed by atoms with E-state index in [1.165, 1.54) is 12.1 Å². The molecule has 1 saturated heterocycles. The molecule has 1 amide bonds. The summed E-state index contributed by atoms with van der Waals surface area (Å²) in [7, 11) is 0. The van der Waals surface area contributed by atoms with Crippen molar-refractivity contribution in [3.63, 3.8) is 0 Å². The van der Waals surface area contributed by atoms with Crippen LogP contribution in [0.15, 0.2) is 57.7 Å². The molecule has 3 aromatic rings. The zero-order valence-electron chi connectivity index (χ0n) is 17.1. The highest BCUT2D eigenvalue weighted by molar-refractivity contribution is 5.86. The third kappa shape index (κ3) is 3.67. The highest BCUT2D eigenvalue weighted by Crippen LogP contribution is 2.35. The SMILES string of the molecule is Cc1c(CC(=O)N2CCC(C(=O)[O-])(c3ccccc3)CC2)c(=O)oc2cc(O)ccc12. The molecule has 1 aromatic heterocycles. The van der Waals surface area contributed by atoms with Crippen LogP contribution in [-0.4, -0.2) is 35.0 Å². The Morgan fingerprint density at radius 1 is 1.13 bits per heavy atom. The number of rotatable bonds is 4. The first-order chi connectivity index (χ1) is 14.8. The second-order valence-corrected chi connectivity index (χ2v) is 7.97. The number of carbonyl (C=O) groups is 2. The summed E-state index contributed by atoms with van der Waals surface area (Å²) in [6, 6.07) is 13.5. The van der Waals surface area contributed by atoms with Crippen LogP contribution in [-0.2, 0) is 21.4 Å². The average molecular weight is 420 g/mol. The fourth-order valence-corrected chi connectivity index (χ4v) is 4.36. The van der Waals surface area contributed by atoms with Gasteiger partial charge in [-0.25, -0.2) is 4.79 Å². The van der Waals surface area contributed by atoms with Gasteiger partial charge in [-0.3, -0.25) is 4.79 Å². The van der Waals surface area contributed by atoms with Gasteiger partial charge in [-0.05, 0) is 43.0 Å². The van der Waals surface area contributed by atoms with E-state index >= 15 is 0 Å². The van der Waals surface area contributed by atoms with Crippen LogP contribution in [0.1, 0.15) is 29.5 Å². The van der Waals surface area contributed by atoms with Crippen molar-refractivity contribution < 1.29 is 24.2 Å². The molecule has 7 nitrogen and oxygen atoms in total. The highest BCUT2D eigenvalue weighted by atomic mass is 16.4. The van der Waals surface area contributed by atoms with E-state index in [0.29, 0.717) is 16.5 Å². The fourth-order valence-electron chi connectivity index (χ4n) is 4.36. The lowest BCUT2D eigenvalue weighted by molar-refractivity contribution is -0.315. The van der Waals surface area contributed by atoms with Crippen molar-refractivity contribution in [3.8, 4) is 5.75 Å². The summed E-state index contributed by atoms with van der Waals surface area (Å²) in [6.45, 7) is 2.26. The van der Waals surface area contributed by atoms with Gasteiger partial charge in [-0.15, -0.1) is 0 Å². The number of carboxylic acids is 1. The third-order valence-corrected chi connectivity index (χ3v) is 6.29. The summed E-state index contributed by atoms with van der Waals surface area (Å²) in [6.07, 6.45) is 0.361. The Kier molecular flexibility index (Phi) is 5.27. The Morgan fingerprint density at radius 3 is 2.45 bits per heavy atom. The number of hydrogen-bond acceptors (Lipinski definition) is 6. The van der Waals surface area contributed by atoms with Gasteiger partial charge in [0.25, 0.3) is 0 Å². The zero-order valence-corrected chi connectivity index (χ0v) is 17.1. The predicted octanol–water partition coefficient (Wildman–Crippen LogP) is 1.66. The molecule has 0 bridgehead atoms. The van der Waals surface area contributed by atoms with Gasteiger partial charge in [0.05, 0.1) is 18.0 Å². The summed E-state index contributed by atoms with van der Waals surface area (Å²) >= 11 is 0. The number of amides is 1. The van der Waals surface area contributed by atoms with Gasteiger partial charge in [0.1, 0.15) is 11.3 Å². The van der Waals surface area contributed by atoms with Crippen LogP contribution < -0.4 is 10.7 Å². The number of piperidine rings is 1. The minimum absolute atomic E-state index is 0.0120. The lowest BCUT2D eigenvalue weighted by Gasteiger charge is -2.43. The van der Waals surface area contributed by atoms with E-state index in [1.807, 2.05) is 6.07 Å². The van der Waals surface area contributed by atoms with Crippen LogP contribution in [0, 0.1) is 6.92 Å². The number of carboxylic acid groups (broad SMARTS) is 1. The quantitative estimate of drug-likeness (QED) is 0.643. The standard InChI is InChI=1S/C24H23NO6/c1-15-18-8-7-17(26)13-20(18)31-22(28)19(15)14-21(27)25-11-9-24(10-12-25,23(29)30)16-5-3-2-4-6-16/h2-8,13,26H,9-12,14H2,1H3,(H,29,30)/p-1. The van der Waals surface area contributed by atoms with Crippen molar-refractivity contribution >= 4 is 22.8 Å². The van der Waals surface area contributed by atoms with E-state index < -0.39 is 17.0 Å². The largest absolute Gasteiger partial charge is 0.549 e. The molecule has 160 valence electrons. The number of aryl methyl sites for hydroxylation is 1. The number of phenols is 1. The van der Waals surface area contributed by atoms with Gasteiger partial charge >= 0.3 is 5.63 Å². The van der Waals surface area contributed by atoms with Crippen molar-refractivity contribution in [1.82, 2.24) is 4.90 Å². The Hall–Kier alpha value is -3.61. The van der Waals surface area contributed by atoms with Crippen molar-refractivity contribution in [3.05, 3.63) is 75.6 Å². The molecular formula is C24H22NO6-. The molecule has 4 rings (SSSR count). The summed E-state index contributed by atoms with van der Waals surface area (Å²) in [5, 5.41) is 22.2. The number of carbonyl (C=O) groups excluding carboxylic acids is 2. The first kappa shape index (κ1) is 20.7. The van der Waals surface area contributed by atoms with Gasteiger partial charge in [-0.2, -0.15) is 0 Å². The maximum atomic E-state index is 12.9. The van der Waals surface area contributed by atoms with Gasteiger partial charge in [-0.1, -0.05) is 30.3 Å². The second-order valence-electron chi connectivity index (χ2n) is 7.97. The molecule has 1 N–H and O–H groups in total. The summed E-state index contributed by atoms with van der Waals surface area (Å²) in [4.78, 5) is 39.0. The number of phenolic OH excluding ortho intramolecular Hbond substituents is 1. The van der Waals surface area contributed by atoms with Crippen LogP contribution in [0.5, 0.6) is 5.75 Å². The third-order valence-electron chi connectivity index (χ3n) is 6.29. The lowest BCUT2D eigenvalue weighted by atomic mass is 9.73. The molecule has 0 radical (unpaired) electrons. The Balaban J connectivity index is 1.54. The topological polar surface area (TPSA) is 111 Å². The molecular weight excluding hydrogens is 398 g/mol. The van der Waals surface area contributed by atoms with Crippen LogP contribution in [0.2, 0.25) is 0 Å². The van der Waals surface area contributed by atoms with Gasteiger partial charge in [0, 0.05) is 30.0 Å². The maximum Gasteiger partial charge on any atom is 0.340 e. The fraction of sp³-hybridized carbons (Fsp3) is 0.292. The smallest absolute Gasteiger partial charge is 0.340 e. The number of aromatic hydroxyl groups is 1. The van der Waals surface area contributed by atoms with Crippen LogP contribution in [0.3, 0.4) is 0 Å². The molecule has 0 atom stereocenters. The first-order valence-corrected chi connectivity index (χ1v) is 10.1. The Bertz CT molecular complexity index is 1210. The van der Waals surface area contributed by atoms with Crippen molar-refractivity contribution in [2.75, 3.05) is 13.1 Å². The number of aliphatic carboxylic acids is 1.